The summed E-state index contributed by atoms with van der Waals surface area (Å²) in [5.74, 6) is 1.43. The molecule has 4 heteroatoms. The Bertz CT molecular complexity index is 773. The van der Waals surface area contributed by atoms with E-state index >= 15 is 0 Å². The summed E-state index contributed by atoms with van der Waals surface area (Å²) in [6, 6.07) is 9.81. The van der Waals surface area contributed by atoms with Crippen LogP contribution in [-0.2, 0) is 11.2 Å². The Kier molecular flexibility index (Phi) is 7.43. The van der Waals surface area contributed by atoms with Crippen molar-refractivity contribution in [2.24, 2.45) is 5.73 Å². The summed E-state index contributed by atoms with van der Waals surface area (Å²) in [4.78, 5) is 11.8. The van der Waals surface area contributed by atoms with E-state index in [2.05, 4.69) is 33.8 Å². The summed E-state index contributed by atoms with van der Waals surface area (Å²) >= 11 is 0. The van der Waals surface area contributed by atoms with Gasteiger partial charge in [0.25, 0.3) is 0 Å². The van der Waals surface area contributed by atoms with Crippen LogP contribution in [0.4, 0.5) is 0 Å². The van der Waals surface area contributed by atoms with Gasteiger partial charge in [0.15, 0.2) is 5.78 Å². The second-order valence-corrected chi connectivity index (χ2v) is 7.48. The molecule has 0 aliphatic heterocycles. The molecule has 0 fully saturated rings. The molecule has 2 rings (SSSR count). The first kappa shape index (κ1) is 21.0. The van der Waals surface area contributed by atoms with Gasteiger partial charge in [0.05, 0.1) is 0 Å². The second kappa shape index (κ2) is 9.56. The predicted octanol–water partition coefficient (Wildman–Crippen LogP) is 4.41. The molecule has 0 atom stereocenters. The lowest BCUT2D eigenvalue weighted by Crippen LogP contribution is -2.13. The van der Waals surface area contributed by atoms with Crippen LogP contribution < -0.4 is 10.5 Å². The average molecular weight is 370 g/mol. The van der Waals surface area contributed by atoms with E-state index in [1.165, 1.54) is 11.1 Å². The number of hydrogen-bond donors (Lipinski definition) is 2. The second-order valence-electron chi connectivity index (χ2n) is 7.48. The number of ether oxygens (including phenoxy) is 1. The molecule has 0 spiro atoms. The van der Waals surface area contributed by atoms with Crippen LogP contribution >= 0.6 is 0 Å². The normalized spacial score (nSPS) is 11.0. The van der Waals surface area contributed by atoms with Crippen molar-refractivity contribution in [3.8, 4) is 11.5 Å². The number of Topliss-reactive ketones (excluding diaryl/α,β-unsaturated/α-hetero) is 1. The molecule has 0 unspecified atom stereocenters. The van der Waals surface area contributed by atoms with Crippen LogP contribution in [0.3, 0.4) is 0 Å². The van der Waals surface area contributed by atoms with Crippen LogP contribution in [0.25, 0.3) is 0 Å². The van der Waals surface area contributed by atoms with Gasteiger partial charge in [-0.2, -0.15) is 0 Å². The average Bonchev–Trinajstić information content (AvgIpc) is 2.62. The van der Waals surface area contributed by atoms with Gasteiger partial charge in [0.2, 0.25) is 0 Å². The fourth-order valence-corrected chi connectivity index (χ4v) is 3.23. The molecule has 0 aliphatic carbocycles. The predicted molar refractivity (Wildman–Crippen MR) is 110 cm³/mol. The third-order valence-electron chi connectivity index (χ3n) is 4.82. The first-order valence-electron chi connectivity index (χ1n) is 9.58. The van der Waals surface area contributed by atoms with E-state index in [0.29, 0.717) is 25.1 Å². The van der Waals surface area contributed by atoms with Crippen molar-refractivity contribution < 1.29 is 14.6 Å². The van der Waals surface area contributed by atoms with Crippen LogP contribution in [0, 0.1) is 13.8 Å². The molecule has 0 amide bonds. The molecule has 0 bridgehead atoms. The van der Waals surface area contributed by atoms with E-state index in [1.54, 1.807) is 6.07 Å². The number of hydrogen-bond acceptors (Lipinski definition) is 4. The van der Waals surface area contributed by atoms with Crippen LogP contribution in [0.2, 0.25) is 0 Å². The maximum atomic E-state index is 11.8. The summed E-state index contributed by atoms with van der Waals surface area (Å²) in [7, 11) is 0. The highest BCUT2D eigenvalue weighted by Crippen LogP contribution is 2.29. The van der Waals surface area contributed by atoms with E-state index < -0.39 is 0 Å². The van der Waals surface area contributed by atoms with Crippen molar-refractivity contribution in [1.82, 2.24) is 0 Å². The molecule has 0 aromatic heterocycles. The Balaban J connectivity index is 2.13. The van der Waals surface area contributed by atoms with Crippen molar-refractivity contribution in [3.05, 3.63) is 58.1 Å². The van der Waals surface area contributed by atoms with E-state index in [0.717, 1.165) is 28.9 Å². The van der Waals surface area contributed by atoms with Crippen LogP contribution in [0.5, 0.6) is 11.5 Å². The van der Waals surface area contributed by atoms with Gasteiger partial charge in [0, 0.05) is 6.42 Å². The number of carbonyl (C=O) groups excluding carboxylic acids is 1. The lowest BCUT2D eigenvalue weighted by Gasteiger charge is -2.15. The van der Waals surface area contributed by atoms with Crippen molar-refractivity contribution in [2.75, 3.05) is 13.2 Å². The maximum absolute atomic E-state index is 11.8. The summed E-state index contributed by atoms with van der Waals surface area (Å²) in [5.41, 5.74) is 11.1. The largest absolute Gasteiger partial charge is 0.508 e. The Hall–Kier alpha value is -2.33. The standard InChI is InChI=1S/C23H31NO3/c1-15(2)21-12-18(7-8-23(21)26)13-22-16(3)10-20(11-17(22)4)27-14-19(25)6-5-9-24/h7-8,10-12,15,26H,5-6,9,13-14,24H2,1-4H3. The molecule has 2 aromatic carbocycles. The highest BCUT2D eigenvalue weighted by molar-refractivity contribution is 5.79. The van der Waals surface area contributed by atoms with Gasteiger partial charge in [-0.1, -0.05) is 26.0 Å². The molecule has 0 saturated heterocycles. The van der Waals surface area contributed by atoms with Gasteiger partial charge in [-0.05, 0) is 85.2 Å². The Morgan fingerprint density at radius 3 is 2.41 bits per heavy atom. The number of benzene rings is 2. The summed E-state index contributed by atoms with van der Waals surface area (Å²) < 4.78 is 5.67. The molecule has 27 heavy (non-hydrogen) atoms. The Morgan fingerprint density at radius 2 is 1.81 bits per heavy atom. The number of phenols is 1. The van der Waals surface area contributed by atoms with Crippen LogP contribution in [-0.4, -0.2) is 24.0 Å². The number of aromatic hydroxyl groups is 1. The number of rotatable bonds is 9. The minimum atomic E-state index is 0.0742. The summed E-state index contributed by atoms with van der Waals surface area (Å²) in [6.07, 6.45) is 1.96. The van der Waals surface area contributed by atoms with Crippen LogP contribution in [0.1, 0.15) is 60.4 Å². The van der Waals surface area contributed by atoms with Gasteiger partial charge < -0.3 is 15.6 Å². The molecular formula is C23H31NO3. The molecule has 3 N–H and O–H groups in total. The van der Waals surface area contributed by atoms with Crippen molar-refractivity contribution in [1.29, 1.82) is 0 Å². The van der Waals surface area contributed by atoms with Crippen LogP contribution in [0.15, 0.2) is 30.3 Å². The molecule has 0 aliphatic rings. The lowest BCUT2D eigenvalue weighted by atomic mass is 9.93. The fraction of sp³-hybridized carbons (Fsp3) is 0.435. The number of ketones is 1. The van der Waals surface area contributed by atoms with E-state index in [9.17, 15) is 9.90 Å². The van der Waals surface area contributed by atoms with Gasteiger partial charge >= 0.3 is 0 Å². The van der Waals surface area contributed by atoms with Gasteiger partial charge in [-0.25, -0.2) is 0 Å². The SMILES string of the molecule is Cc1cc(OCC(=O)CCCN)cc(C)c1Cc1ccc(O)c(C(C)C)c1. The van der Waals surface area contributed by atoms with Crippen molar-refractivity contribution >= 4 is 5.78 Å². The number of phenolic OH excluding ortho intramolecular Hbond substituents is 1. The highest BCUT2D eigenvalue weighted by atomic mass is 16.5. The lowest BCUT2D eigenvalue weighted by molar-refractivity contribution is -0.121. The molecular weight excluding hydrogens is 338 g/mol. The Morgan fingerprint density at radius 1 is 1.15 bits per heavy atom. The highest BCUT2D eigenvalue weighted by Gasteiger charge is 2.11. The minimum absolute atomic E-state index is 0.0742. The summed E-state index contributed by atoms with van der Waals surface area (Å²) in [6.45, 7) is 8.90. The first-order chi connectivity index (χ1) is 12.8. The molecule has 2 aromatic rings. The molecule has 4 nitrogen and oxygen atoms in total. The number of aryl methyl sites for hydroxylation is 2. The van der Waals surface area contributed by atoms with Crippen molar-refractivity contribution in [3.63, 3.8) is 0 Å². The van der Waals surface area contributed by atoms with Gasteiger partial charge in [0.1, 0.15) is 18.1 Å². The zero-order chi connectivity index (χ0) is 20.0. The molecule has 0 heterocycles. The zero-order valence-electron chi connectivity index (χ0n) is 16.8. The third-order valence-corrected chi connectivity index (χ3v) is 4.82. The van der Waals surface area contributed by atoms with E-state index in [4.69, 9.17) is 10.5 Å². The Labute approximate surface area is 162 Å². The fourth-order valence-electron chi connectivity index (χ4n) is 3.23. The number of carbonyl (C=O) groups is 1. The third kappa shape index (κ3) is 5.83. The monoisotopic (exact) mass is 369 g/mol. The van der Waals surface area contributed by atoms with Crippen molar-refractivity contribution in [2.45, 2.75) is 52.9 Å². The molecule has 0 saturated carbocycles. The smallest absolute Gasteiger partial charge is 0.170 e. The first-order valence-corrected chi connectivity index (χ1v) is 9.58. The van der Waals surface area contributed by atoms with Gasteiger partial charge in [-0.15, -0.1) is 0 Å². The minimum Gasteiger partial charge on any atom is -0.508 e. The van der Waals surface area contributed by atoms with E-state index in [-0.39, 0.29) is 18.3 Å². The number of nitrogens with two attached hydrogens (primary N) is 1. The zero-order valence-corrected chi connectivity index (χ0v) is 16.8. The molecule has 0 radical (unpaired) electrons. The van der Waals surface area contributed by atoms with E-state index in [1.807, 2.05) is 18.2 Å². The topological polar surface area (TPSA) is 72.5 Å². The van der Waals surface area contributed by atoms with Gasteiger partial charge in [-0.3, -0.25) is 4.79 Å². The summed E-state index contributed by atoms with van der Waals surface area (Å²) in [5, 5.41) is 10.0. The molecule has 146 valence electrons. The quantitative estimate of drug-likeness (QED) is 0.687. The maximum Gasteiger partial charge on any atom is 0.170 e.